The number of rotatable bonds is 3. The van der Waals surface area contributed by atoms with Crippen LogP contribution in [0.3, 0.4) is 0 Å². The van der Waals surface area contributed by atoms with Crippen molar-refractivity contribution in [1.82, 2.24) is 5.16 Å². The SMILES string of the molecule is COc1ccc(C)c(-c2cc(C(=O)O)no2)c1Cl. The number of nitrogens with zero attached hydrogens (tertiary/aromatic N) is 1. The van der Waals surface area contributed by atoms with Crippen LogP contribution in [-0.2, 0) is 0 Å². The second kappa shape index (κ2) is 4.70. The number of aromatic carboxylic acids is 1. The fraction of sp³-hybridized carbons (Fsp3) is 0.167. The summed E-state index contributed by atoms with van der Waals surface area (Å²) >= 11 is 6.18. The van der Waals surface area contributed by atoms with Gasteiger partial charge < -0.3 is 14.4 Å². The van der Waals surface area contributed by atoms with E-state index < -0.39 is 5.97 Å². The van der Waals surface area contributed by atoms with Gasteiger partial charge in [0.2, 0.25) is 0 Å². The molecule has 0 aliphatic heterocycles. The molecule has 6 heteroatoms. The van der Waals surface area contributed by atoms with Gasteiger partial charge in [0.15, 0.2) is 11.5 Å². The maximum atomic E-state index is 10.8. The molecule has 0 unspecified atom stereocenters. The van der Waals surface area contributed by atoms with Crippen LogP contribution in [0.2, 0.25) is 5.02 Å². The molecular formula is C12H10ClNO4. The molecule has 0 fully saturated rings. The summed E-state index contributed by atoms with van der Waals surface area (Å²) < 4.78 is 10.1. The van der Waals surface area contributed by atoms with Crippen LogP contribution >= 0.6 is 11.6 Å². The Labute approximate surface area is 108 Å². The van der Waals surface area contributed by atoms with E-state index in [1.54, 1.807) is 6.07 Å². The summed E-state index contributed by atoms with van der Waals surface area (Å²) in [6, 6.07) is 4.87. The molecule has 1 N–H and O–H groups in total. The van der Waals surface area contributed by atoms with Gasteiger partial charge in [0.05, 0.1) is 12.1 Å². The van der Waals surface area contributed by atoms with Crippen molar-refractivity contribution in [3.05, 3.63) is 34.5 Å². The Hall–Kier alpha value is -2.01. The number of halogens is 1. The predicted octanol–water partition coefficient (Wildman–Crippen LogP) is 3.01. The first-order valence-electron chi connectivity index (χ1n) is 5.08. The van der Waals surface area contributed by atoms with Gasteiger partial charge in [-0.1, -0.05) is 22.8 Å². The second-order valence-electron chi connectivity index (χ2n) is 3.66. The molecule has 0 spiro atoms. The van der Waals surface area contributed by atoms with Crippen molar-refractivity contribution in [1.29, 1.82) is 0 Å². The van der Waals surface area contributed by atoms with Gasteiger partial charge in [0.1, 0.15) is 5.75 Å². The van der Waals surface area contributed by atoms with Crippen molar-refractivity contribution in [3.63, 3.8) is 0 Å². The molecule has 18 heavy (non-hydrogen) atoms. The number of carboxylic acids is 1. The van der Waals surface area contributed by atoms with Gasteiger partial charge in [-0.15, -0.1) is 0 Å². The summed E-state index contributed by atoms with van der Waals surface area (Å²) in [5.41, 5.74) is 1.26. The minimum atomic E-state index is -1.15. The maximum Gasteiger partial charge on any atom is 0.358 e. The first kappa shape index (κ1) is 12.4. The van der Waals surface area contributed by atoms with Gasteiger partial charge in [-0.2, -0.15) is 0 Å². The van der Waals surface area contributed by atoms with Crippen LogP contribution in [0.1, 0.15) is 16.1 Å². The van der Waals surface area contributed by atoms with E-state index in [9.17, 15) is 4.79 Å². The third kappa shape index (κ3) is 2.04. The molecule has 0 saturated heterocycles. The molecule has 1 heterocycles. The van der Waals surface area contributed by atoms with E-state index in [2.05, 4.69) is 5.16 Å². The average Bonchev–Trinajstić information content (AvgIpc) is 2.79. The molecule has 0 aliphatic carbocycles. The molecule has 2 rings (SSSR count). The Morgan fingerprint density at radius 3 is 2.78 bits per heavy atom. The summed E-state index contributed by atoms with van der Waals surface area (Å²) in [6.45, 7) is 1.84. The molecule has 94 valence electrons. The van der Waals surface area contributed by atoms with Crippen LogP contribution in [0.15, 0.2) is 22.7 Å². The first-order valence-corrected chi connectivity index (χ1v) is 5.46. The molecule has 5 nitrogen and oxygen atoms in total. The Morgan fingerprint density at radius 1 is 1.50 bits per heavy atom. The number of aryl methyl sites for hydroxylation is 1. The van der Waals surface area contributed by atoms with E-state index in [1.165, 1.54) is 13.2 Å². The van der Waals surface area contributed by atoms with Gasteiger partial charge in [0, 0.05) is 11.6 Å². The zero-order valence-electron chi connectivity index (χ0n) is 9.73. The van der Waals surface area contributed by atoms with Crippen molar-refractivity contribution >= 4 is 17.6 Å². The third-order valence-electron chi connectivity index (χ3n) is 2.51. The van der Waals surface area contributed by atoms with Gasteiger partial charge in [0.25, 0.3) is 0 Å². The number of hydrogen-bond donors (Lipinski definition) is 1. The normalized spacial score (nSPS) is 10.4. The highest BCUT2D eigenvalue weighted by Crippen LogP contribution is 2.37. The number of carbonyl (C=O) groups is 1. The summed E-state index contributed by atoms with van der Waals surface area (Å²) in [4.78, 5) is 10.8. The molecule has 1 aromatic carbocycles. The number of carboxylic acid groups (broad SMARTS) is 1. The van der Waals surface area contributed by atoms with Crippen LogP contribution in [0.4, 0.5) is 0 Å². The number of hydrogen-bond acceptors (Lipinski definition) is 4. The summed E-state index contributed by atoms with van der Waals surface area (Å²) in [5.74, 6) is -0.360. The smallest absolute Gasteiger partial charge is 0.358 e. The lowest BCUT2D eigenvalue weighted by molar-refractivity contribution is 0.0686. The van der Waals surface area contributed by atoms with E-state index >= 15 is 0 Å². The van der Waals surface area contributed by atoms with Crippen LogP contribution in [0.25, 0.3) is 11.3 Å². The number of ether oxygens (including phenoxy) is 1. The van der Waals surface area contributed by atoms with E-state index in [1.807, 2.05) is 13.0 Å². The number of aromatic nitrogens is 1. The highest BCUT2D eigenvalue weighted by atomic mass is 35.5. The minimum absolute atomic E-state index is 0.164. The zero-order chi connectivity index (χ0) is 13.3. The Bertz CT molecular complexity index is 606. The van der Waals surface area contributed by atoms with Crippen molar-refractivity contribution in [2.45, 2.75) is 6.92 Å². The summed E-state index contributed by atoms with van der Waals surface area (Å²) in [6.07, 6.45) is 0. The quantitative estimate of drug-likeness (QED) is 0.925. The fourth-order valence-electron chi connectivity index (χ4n) is 1.61. The van der Waals surface area contributed by atoms with Gasteiger partial charge in [-0.25, -0.2) is 4.79 Å². The molecular weight excluding hydrogens is 258 g/mol. The van der Waals surface area contributed by atoms with E-state index in [0.29, 0.717) is 22.1 Å². The fourth-order valence-corrected chi connectivity index (χ4v) is 1.99. The Balaban J connectivity index is 2.58. The largest absolute Gasteiger partial charge is 0.495 e. The molecule has 0 saturated carbocycles. The lowest BCUT2D eigenvalue weighted by Gasteiger charge is -2.08. The average molecular weight is 268 g/mol. The molecule has 0 radical (unpaired) electrons. The van der Waals surface area contributed by atoms with Crippen molar-refractivity contribution in [2.75, 3.05) is 7.11 Å². The minimum Gasteiger partial charge on any atom is -0.495 e. The summed E-state index contributed by atoms with van der Waals surface area (Å²) in [7, 11) is 1.50. The molecule has 1 aromatic heterocycles. The van der Waals surface area contributed by atoms with Crippen LogP contribution < -0.4 is 4.74 Å². The topological polar surface area (TPSA) is 72.6 Å². The van der Waals surface area contributed by atoms with Crippen LogP contribution in [-0.4, -0.2) is 23.3 Å². The van der Waals surface area contributed by atoms with Gasteiger partial charge in [-0.3, -0.25) is 0 Å². The highest BCUT2D eigenvalue weighted by molar-refractivity contribution is 6.34. The van der Waals surface area contributed by atoms with Gasteiger partial charge in [-0.05, 0) is 18.6 Å². The summed E-state index contributed by atoms with van der Waals surface area (Å²) in [5, 5.41) is 12.6. The number of methoxy groups -OCH3 is 1. The number of benzene rings is 1. The molecule has 0 amide bonds. The van der Waals surface area contributed by atoms with E-state index in [0.717, 1.165) is 5.56 Å². The lowest BCUT2D eigenvalue weighted by atomic mass is 10.1. The zero-order valence-corrected chi connectivity index (χ0v) is 10.5. The Morgan fingerprint density at radius 2 is 2.22 bits per heavy atom. The van der Waals surface area contributed by atoms with Crippen molar-refractivity contribution < 1.29 is 19.2 Å². The van der Waals surface area contributed by atoms with Crippen molar-refractivity contribution in [3.8, 4) is 17.1 Å². The lowest BCUT2D eigenvalue weighted by Crippen LogP contribution is -1.94. The monoisotopic (exact) mass is 267 g/mol. The van der Waals surface area contributed by atoms with Crippen LogP contribution in [0, 0.1) is 6.92 Å². The standard InChI is InChI=1S/C12H10ClNO4/c1-6-3-4-8(17-2)11(13)10(6)9-5-7(12(15)16)14-18-9/h3-5H,1-2H3,(H,15,16). The molecule has 0 atom stereocenters. The molecule has 2 aromatic rings. The van der Waals surface area contributed by atoms with E-state index in [-0.39, 0.29) is 5.69 Å². The maximum absolute atomic E-state index is 10.8. The first-order chi connectivity index (χ1) is 8.54. The second-order valence-corrected chi connectivity index (χ2v) is 4.03. The highest BCUT2D eigenvalue weighted by Gasteiger charge is 2.18. The van der Waals surface area contributed by atoms with Gasteiger partial charge >= 0.3 is 5.97 Å². The molecule has 0 aliphatic rings. The third-order valence-corrected chi connectivity index (χ3v) is 2.89. The Kier molecular flexibility index (Phi) is 3.25. The van der Waals surface area contributed by atoms with Crippen LogP contribution in [0.5, 0.6) is 5.75 Å². The van der Waals surface area contributed by atoms with E-state index in [4.69, 9.17) is 26.0 Å². The van der Waals surface area contributed by atoms with Crippen molar-refractivity contribution in [2.24, 2.45) is 0 Å². The molecule has 0 bridgehead atoms. The predicted molar refractivity (Wildman–Crippen MR) is 65.2 cm³/mol.